The fourth-order valence-corrected chi connectivity index (χ4v) is 2.67. The second kappa shape index (κ2) is 5.31. The highest BCUT2D eigenvalue weighted by Crippen LogP contribution is 2.49. The van der Waals surface area contributed by atoms with Gasteiger partial charge in [0.05, 0.1) is 0 Å². The Morgan fingerprint density at radius 2 is 2.00 bits per heavy atom. The summed E-state index contributed by atoms with van der Waals surface area (Å²) >= 11 is 0. The topological polar surface area (TPSA) is 41.6 Å². The number of carbonyl (C=O) groups is 1. The van der Waals surface area contributed by atoms with Crippen molar-refractivity contribution in [2.45, 2.75) is 65.0 Å². The van der Waals surface area contributed by atoms with E-state index >= 15 is 0 Å². The van der Waals surface area contributed by atoms with E-state index in [-0.39, 0.29) is 6.09 Å². The van der Waals surface area contributed by atoms with Crippen LogP contribution in [0.25, 0.3) is 0 Å². The van der Waals surface area contributed by atoms with Crippen LogP contribution in [0.15, 0.2) is 0 Å². The summed E-state index contributed by atoms with van der Waals surface area (Å²) in [5, 5.41) is 3.60. The Morgan fingerprint density at radius 3 is 2.47 bits per heavy atom. The molecule has 2 rings (SSSR count). The number of hydrogen-bond acceptors (Lipinski definition) is 3. The van der Waals surface area contributed by atoms with Gasteiger partial charge in [-0.3, -0.25) is 0 Å². The molecule has 0 aromatic rings. The molecule has 1 aliphatic carbocycles. The van der Waals surface area contributed by atoms with E-state index < -0.39 is 5.60 Å². The van der Waals surface area contributed by atoms with Gasteiger partial charge in [0.1, 0.15) is 5.60 Å². The molecule has 110 valence electrons. The first-order valence-corrected chi connectivity index (χ1v) is 7.55. The van der Waals surface area contributed by atoms with Crippen molar-refractivity contribution in [3.63, 3.8) is 0 Å². The Bertz CT molecular complexity index is 326. The summed E-state index contributed by atoms with van der Waals surface area (Å²) in [6.07, 6.45) is 5.17. The number of amides is 1. The summed E-state index contributed by atoms with van der Waals surface area (Å²) in [5.41, 5.74) is 0.190. The summed E-state index contributed by atoms with van der Waals surface area (Å²) < 4.78 is 5.35. The average Bonchev–Trinajstić information content (AvgIpc) is 2.93. The van der Waals surface area contributed by atoms with Gasteiger partial charge in [0.15, 0.2) is 0 Å². The maximum atomic E-state index is 11.8. The van der Waals surface area contributed by atoms with Crippen LogP contribution in [0.3, 0.4) is 0 Å². The van der Waals surface area contributed by atoms with Crippen molar-refractivity contribution >= 4 is 6.09 Å². The summed E-state index contributed by atoms with van der Waals surface area (Å²) in [6, 6.07) is 0.460. The lowest BCUT2D eigenvalue weighted by Crippen LogP contribution is -2.61. The van der Waals surface area contributed by atoms with E-state index in [0.717, 1.165) is 19.6 Å². The molecule has 19 heavy (non-hydrogen) atoms. The second-order valence-corrected chi connectivity index (χ2v) is 7.21. The van der Waals surface area contributed by atoms with Crippen molar-refractivity contribution in [2.24, 2.45) is 5.41 Å². The molecule has 0 spiro atoms. The predicted molar refractivity (Wildman–Crippen MR) is 76.2 cm³/mol. The maximum Gasteiger partial charge on any atom is 0.410 e. The van der Waals surface area contributed by atoms with Gasteiger partial charge >= 0.3 is 6.09 Å². The van der Waals surface area contributed by atoms with E-state index in [4.69, 9.17) is 4.74 Å². The zero-order valence-electron chi connectivity index (χ0n) is 12.8. The maximum absolute atomic E-state index is 11.8. The van der Waals surface area contributed by atoms with Crippen molar-refractivity contribution in [2.75, 3.05) is 19.6 Å². The van der Waals surface area contributed by atoms with Crippen LogP contribution in [-0.4, -0.2) is 42.3 Å². The Balaban J connectivity index is 1.63. The van der Waals surface area contributed by atoms with E-state index in [1.807, 2.05) is 20.8 Å². The number of ether oxygens (including phenoxy) is 1. The van der Waals surface area contributed by atoms with Crippen molar-refractivity contribution in [1.82, 2.24) is 10.2 Å². The third-order valence-electron chi connectivity index (χ3n) is 4.04. The molecule has 4 heteroatoms. The van der Waals surface area contributed by atoms with Crippen molar-refractivity contribution in [3.8, 4) is 0 Å². The number of nitrogens with one attached hydrogen (secondary N) is 1. The molecule has 1 heterocycles. The van der Waals surface area contributed by atoms with Gasteiger partial charge in [0.2, 0.25) is 0 Å². The standard InChI is InChI=1S/C15H28N2O2/c1-5-6-15(7-8-15)11-16-12-9-17(10-12)13(18)19-14(2,3)4/h12,16H,5-11H2,1-4H3. The van der Waals surface area contributed by atoms with Crippen LogP contribution in [0.4, 0.5) is 4.79 Å². The van der Waals surface area contributed by atoms with Crippen LogP contribution in [0.1, 0.15) is 53.4 Å². The normalized spacial score (nSPS) is 22.0. The Hall–Kier alpha value is -0.770. The van der Waals surface area contributed by atoms with Crippen molar-refractivity contribution in [3.05, 3.63) is 0 Å². The first kappa shape index (κ1) is 14.6. The molecule has 0 bridgehead atoms. The summed E-state index contributed by atoms with van der Waals surface area (Å²) in [5.74, 6) is 0. The van der Waals surface area contributed by atoms with Gasteiger partial charge < -0.3 is 15.0 Å². The van der Waals surface area contributed by atoms with E-state index in [9.17, 15) is 4.79 Å². The van der Waals surface area contributed by atoms with Gasteiger partial charge in [0, 0.05) is 25.7 Å². The summed E-state index contributed by atoms with van der Waals surface area (Å²) in [7, 11) is 0. The molecule has 1 saturated heterocycles. The lowest BCUT2D eigenvalue weighted by molar-refractivity contribution is 0.00487. The molecule has 0 radical (unpaired) electrons. The quantitative estimate of drug-likeness (QED) is 0.833. The van der Waals surface area contributed by atoms with Gasteiger partial charge in [-0.05, 0) is 45.4 Å². The SMILES string of the molecule is CCCC1(CNC2CN(C(=O)OC(C)(C)C)C2)CC1. The van der Waals surface area contributed by atoms with E-state index in [1.165, 1.54) is 25.7 Å². The minimum atomic E-state index is -0.394. The van der Waals surface area contributed by atoms with Gasteiger partial charge in [-0.15, -0.1) is 0 Å². The number of hydrogen-bond donors (Lipinski definition) is 1. The lowest BCUT2D eigenvalue weighted by Gasteiger charge is -2.40. The summed E-state index contributed by atoms with van der Waals surface area (Å²) in [4.78, 5) is 13.6. The number of likely N-dealkylation sites (tertiary alicyclic amines) is 1. The summed E-state index contributed by atoms with van der Waals surface area (Å²) in [6.45, 7) is 10.7. The smallest absolute Gasteiger partial charge is 0.410 e. The highest BCUT2D eigenvalue weighted by Gasteiger charge is 2.42. The van der Waals surface area contributed by atoms with Crippen LogP contribution in [0.5, 0.6) is 0 Å². The van der Waals surface area contributed by atoms with E-state index in [1.54, 1.807) is 4.90 Å². The van der Waals surface area contributed by atoms with Crippen LogP contribution in [0.2, 0.25) is 0 Å². The predicted octanol–water partition coefficient (Wildman–Crippen LogP) is 2.78. The van der Waals surface area contributed by atoms with Gasteiger partial charge in [-0.1, -0.05) is 13.3 Å². The highest BCUT2D eigenvalue weighted by molar-refractivity contribution is 5.69. The minimum absolute atomic E-state index is 0.180. The molecule has 0 atom stereocenters. The Kier molecular flexibility index (Phi) is 4.09. The van der Waals surface area contributed by atoms with Crippen molar-refractivity contribution in [1.29, 1.82) is 0 Å². The van der Waals surface area contributed by atoms with Crippen LogP contribution in [-0.2, 0) is 4.74 Å². The molecule has 0 aromatic heterocycles. The van der Waals surface area contributed by atoms with Crippen LogP contribution >= 0.6 is 0 Å². The zero-order chi connectivity index (χ0) is 14.1. The molecule has 2 fully saturated rings. The minimum Gasteiger partial charge on any atom is -0.444 e. The van der Waals surface area contributed by atoms with Gasteiger partial charge in [0.25, 0.3) is 0 Å². The van der Waals surface area contributed by atoms with Gasteiger partial charge in [-0.2, -0.15) is 0 Å². The average molecular weight is 268 g/mol. The molecule has 1 N–H and O–H groups in total. The van der Waals surface area contributed by atoms with Gasteiger partial charge in [-0.25, -0.2) is 4.79 Å². The molecule has 1 amide bonds. The van der Waals surface area contributed by atoms with Crippen LogP contribution in [0, 0.1) is 5.41 Å². The number of rotatable bonds is 5. The molecule has 0 aromatic carbocycles. The highest BCUT2D eigenvalue weighted by atomic mass is 16.6. The lowest BCUT2D eigenvalue weighted by atomic mass is 9.99. The largest absolute Gasteiger partial charge is 0.444 e. The Labute approximate surface area is 116 Å². The second-order valence-electron chi connectivity index (χ2n) is 7.21. The Morgan fingerprint density at radius 1 is 1.37 bits per heavy atom. The molecule has 1 aliphatic heterocycles. The third kappa shape index (κ3) is 4.10. The first-order chi connectivity index (χ1) is 8.84. The monoisotopic (exact) mass is 268 g/mol. The number of nitrogens with zero attached hydrogens (tertiary/aromatic N) is 1. The molecule has 4 nitrogen and oxygen atoms in total. The van der Waals surface area contributed by atoms with Crippen LogP contribution < -0.4 is 5.32 Å². The molecule has 1 saturated carbocycles. The zero-order valence-corrected chi connectivity index (χ0v) is 12.8. The van der Waals surface area contributed by atoms with Crippen molar-refractivity contribution < 1.29 is 9.53 Å². The van der Waals surface area contributed by atoms with E-state index in [2.05, 4.69) is 12.2 Å². The molecule has 0 unspecified atom stereocenters. The molecular formula is C15H28N2O2. The first-order valence-electron chi connectivity index (χ1n) is 7.55. The third-order valence-corrected chi connectivity index (χ3v) is 4.04. The fourth-order valence-electron chi connectivity index (χ4n) is 2.67. The number of carbonyl (C=O) groups excluding carboxylic acids is 1. The molecule has 2 aliphatic rings. The van der Waals surface area contributed by atoms with E-state index in [0.29, 0.717) is 11.5 Å². The molecular weight excluding hydrogens is 240 g/mol. The fraction of sp³-hybridized carbons (Fsp3) is 0.933.